The van der Waals surface area contributed by atoms with E-state index < -0.39 is 5.54 Å². The zero-order valence-corrected chi connectivity index (χ0v) is 15.8. The summed E-state index contributed by atoms with van der Waals surface area (Å²) in [5.41, 5.74) is 1.05. The van der Waals surface area contributed by atoms with Gasteiger partial charge >= 0.3 is 6.03 Å². The van der Waals surface area contributed by atoms with Gasteiger partial charge < -0.3 is 15.4 Å². The number of amides is 4. The fourth-order valence-electron chi connectivity index (χ4n) is 3.85. The van der Waals surface area contributed by atoms with E-state index in [1.54, 1.807) is 7.11 Å². The van der Waals surface area contributed by atoms with Crippen molar-refractivity contribution in [1.82, 2.24) is 15.5 Å². The summed E-state index contributed by atoms with van der Waals surface area (Å²) in [4.78, 5) is 38.6. The summed E-state index contributed by atoms with van der Waals surface area (Å²) in [6, 6.07) is 7.24. The number of imide groups is 1. The number of carbonyl (C=O) groups excluding carboxylic acids is 3. The Balaban J connectivity index is 1.68. The summed E-state index contributed by atoms with van der Waals surface area (Å²) in [5, 5.41) is 5.79. The summed E-state index contributed by atoms with van der Waals surface area (Å²) in [6.45, 7) is 0.946. The van der Waals surface area contributed by atoms with Gasteiger partial charge in [0.05, 0.1) is 13.2 Å². The second-order valence-electron chi connectivity index (χ2n) is 7.25. The van der Waals surface area contributed by atoms with Crippen molar-refractivity contribution in [1.29, 1.82) is 0 Å². The molecule has 1 spiro atoms. The van der Waals surface area contributed by atoms with Crippen LogP contribution in [0, 0.1) is 0 Å². The first-order valence-corrected chi connectivity index (χ1v) is 9.52. The predicted molar refractivity (Wildman–Crippen MR) is 99.7 cm³/mol. The first-order chi connectivity index (χ1) is 13.1. The van der Waals surface area contributed by atoms with Crippen LogP contribution in [0.1, 0.15) is 49.7 Å². The molecular weight excluding hydrogens is 346 g/mol. The summed E-state index contributed by atoms with van der Waals surface area (Å²) in [5.74, 6) is -0.214. The quantitative estimate of drug-likeness (QED) is 0.717. The van der Waals surface area contributed by atoms with Gasteiger partial charge in [0.25, 0.3) is 5.91 Å². The highest BCUT2D eigenvalue weighted by molar-refractivity contribution is 6.07. The van der Waals surface area contributed by atoms with Gasteiger partial charge in [0.2, 0.25) is 5.91 Å². The van der Waals surface area contributed by atoms with E-state index >= 15 is 0 Å². The molecular formula is C20H27N3O4. The Morgan fingerprint density at radius 1 is 1.19 bits per heavy atom. The van der Waals surface area contributed by atoms with Crippen molar-refractivity contribution in [3.63, 3.8) is 0 Å². The van der Waals surface area contributed by atoms with Crippen molar-refractivity contribution in [2.45, 2.75) is 57.2 Å². The third kappa shape index (κ3) is 4.30. The largest absolute Gasteiger partial charge is 0.384 e. The fraction of sp³-hybridized carbons (Fsp3) is 0.550. The molecule has 2 fully saturated rings. The smallest absolute Gasteiger partial charge is 0.325 e. The lowest BCUT2D eigenvalue weighted by atomic mass is 9.81. The van der Waals surface area contributed by atoms with E-state index in [0.29, 0.717) is 32.4 Å². The van der Waals surface area contributed by atoms with Crippen LogP contribution in [0.5, 0.6) is 0 Å². The third-order valence-electron chi connectivity index (χ3n) is 5.41. The van der Waals surface area contributed by atoms with Gasteiger partial charge in [0.15, 0.2) is 0 Å². The van der Waals surface area contributed by atoms with Crippen molar-refractivity contribution in [2.75, 3.05) is 13.7 Å². The van der Waals surface area contributed by atoms with Gasteiger partial charge in [-0.25, -0.2) is 4.79 Å². The summed E-state index contributed by atoms with van der Waals surface area (Å²) in [7, 11) is 1.56. The Morgan fingerprint density at radius 3 is 2.59 bits per heavy atom. The molecule has 3 rings (SSSR count). The molecule has 0 atom stereocenters. The molecule has 27 heavy (non-hydrogen) atoms. The normalized spacial score (nSPS) is 18.6. The lowest BCUT2D eigenvalue weighted by Crippen LogP contribution is -2.48. The van der Waals surface area contributed by atoms with Crippen LogP contribution in [0.2, 0.25) is 0 Å². The average molecular weight is 373 g/mol. The van der Waals surface area contributed by atoms with Crippen LogP contribution in [0.15, 0.2) is 24.3 Å². The molecule has 1 saturated carbocycles. The highest BCUT2D eigenvalue weighted by Gasteiger charge is 2.51. The molecule has 4 amide bonds. The molecule has 2 aliphatic rings. The van der Waals surface area contributed by atoms with Gasteiger partial charge in [-0.2, -0.15) is 0 Å². The topological polar surface area (TPSA) is 87.7 Å². The second-order valence-corrected chi connectivity index (χ2v) is 7.25. The summed E-state index contributed by atoms with van der Waals surface area (Å²) < 4.78 is 4.91. The highest BCUT2D eigenvalue weighted by Crippen LogP contribution is 2.34. The maximum absolute atomic E-state index is 13.0. The first kappa shape index (κ1) is 19.4. The Morgan fingerprint density at radius 2 is 1.89 bits per heavy atom. The van der Waals surface area contributed by atoms with Gasteiger partial charge in [0, 0.05) is 20.1 Å². The number of rotatable bonds is 7. The van der Waals surface area contributed by atoms with Crippen LogP contribution in [-0.4, -0.2) is 42.0 Å². The molecule has 1 saturated heterocycles. The molecule has 0 unspecified atom stereocenters. The number of carbonyl (C=O) groups is 3. The Bertz CT molecular complexity index is 713. The van der Waals surface area contributed by atoms with Crippen LogP contribution < -0.4 is 10.6 Å². The van der Waals surface area contributed by atoms with Crippen LogP contribution in [0.4, 0.5) is 4.79 Å². The zero-order chi connectivity index (χ0) is 19.3. The van der Waals surface area contributed by atoms with Gasteiger partial charge in [-0.05, 0) is 24.0 Å². The minimum atomic E-state index is -0.710. The van der Waals surface area contributed by atoms with Crippen LogP contribution in [0.25, 0.3) is 0 Å². The van der Waals surface area contributed by atoms with E-state index in [9.17, 15) is 14.4 Å². The molecule has 1 aliphatic carbocycles. The van der Waals surface area contributed by atoms with Gasteiger partial charge in [0.1, 0.15) is 5.54 Å². The minimum Gasteiger partial charge on any atom is -0.384 e. The lowest BCUT2D eigenvalue weighted by molar-refractivity contribution is -0.132. The number of urea groups is 1. The van der Waals surface area contributed by atoms with Crippen molar-refractivity contribution in [3.05, 3.63) is 35.4 Å². The van der Waals surface area contributed by atoms with Crippen LogP contribution >= 0.6 is 0 Å². The molecule has 1 aliphatic heterocycles. The number of hydrogen-bond acceptors (Lipinski definition) is 4. The Labute approximate surface area is 159 Å². The van der Waals surface area contributed by atoms with Crippen LogP contribution in [0.3, 0.4) is 0 Å². The molecule has 1 aromatic rings. The Kier molecular flexibility index (Phi) is 6.11. The molecule has 0 radical (unpaired) electrons. The number of ether oxygens (including phenoxy) is 1. The molecule has 0 bridgehead atoms. The summed E-state index contributed by atoms with van der Waals surface area (Å²) in [6.07, 6.45) is 4.76. The van der Waals surface area contributed by atoms with Gasteiger partial charge in [-0.15, -0.1) is 0 Å². The molecule has 7 nitrogen and oxygen atoms in total. The maximum Gasteiger partial charge on any atom is 0.325 e. The number of nitrogens with zero attached hydrogens (tertiary/aromatic N) is 1. The minimum absolute atomic E-state index is 0.0946. The predicted octanol–water partition coefficient (Wildman–Crippen LogP) is 2.09. The average Bonchev–Trinajstić information content (AvgIpc) is 2.90. The Hall–Kier alpha value is -2.41. The molecule has 1 aromatic carbocycles. The van der Waals surface area contributed by atoms with E-state index in [1.807, 2.05) is 24.3 Å². The molecule has 2 N–H and O–H groups in total. The molecule has 7 heteroatoms. The van der Waals surface area contributed by atoms with E-state index in [1.165, 1.54) is 4.90 Å². The number of methoxy groups -OCH3 is 1. The van der Waals surface area contributed by atoms with Crippen molar-refractivity contribution in [2.24, 2.45) is 0 Å². The van der Waals surface area contributed by atoms with E-state index in [2.05, 4.69) is 10.6 Å². The first-order valence-electron chi connectivity index (χ1n) is 9.52. The number of benzene rings is 1. The third-order valence-corrected chi connectivity index (χ3v) is 5.41. The molecule has 0 aromatic heterocycles. The zero-order valence-electron chi connectivity index (χ0n) is 15.8. The highest BCUT2D eigenvalue weighted by atomic mass is 16.5. The number of nitrogens with one attached hydrogen (secondary N) is 2. The standard InChI is InChI=1S/C20H27N3O4/c1-27-12-9-17(24)21-13-15-7-3-4-8-16(15)14-23-18(25)20(22-19(23)26)10-5-2-6-11-20/h3-4,7-8H,2,5-6,9-14H2,1H3,(H,21,24)(H,22,26). The van der Waals surface area contributed by atoms with Crippen LogP contribution in [-0.2, 0) is 27.4 Å². The molecule has 146 valence electrons. The van der Waals surface area contributed by atoms with Gasteiger partial charge in [-0.1, -0.05) is 43.5 Å². The SMILES string of the molecule is COCCC(=O)NCc1ccccc1CN1C(=O)NC2(CCCCC2)C1=O. The fourth-order valence-corrected chi connectivity index (χ4v) is 3.85. The monoisotopic (exact) mass is 373 g/mol. The summed E-state index contributed by atoms with van der Waals surface area (Å²) >= 11 is 0. The maximum atomic E-state index is 13.0. The lowest BCUT2D eigenvalue weighted by Gasteiger charge is -2.30. The second kappa shape index (κ2) is 8.52. The van der Waals surface area contributed by atoms with E-state index in [4.69, 9.17) is 4.74 Å². The molecule has 1 heterocycles. The van der Waals surface area contributed by atoms with E-state index in [0.717, 1.165) is 30.4 Å². The van der Waals surface area contributed by atoms with Crippen molar-refractivity contribution in [3.8, 4) is 0 Å². The number of hydrogen-bond donors (Lipinski definition) is 2. The van der Waals surface area contributed by atoms with E-state index in [-0.39, 0.29) is 24.4 Å². The van der Waals surface area contributed by atoms with Crippen molar-refractivity contribution < 1.29 is 19.1 Å². The van der Waals surface area contributed by atoms with Crippen molar-refractivity contribution >= 4 is 17.8 Å². The van der Waals surface area contributed by atoms with Gasteiger partial charge in [-0.3, -0.25) is 14.5 Å².